The van der Waals surface area contributed by atoms with Crippen LogP contribution in [-0.4, -0.2) is 20.4 Å². The van der Waals surface area contributed by atoms with Gasteiger partial charge in [-0.2, -0.15) is 0 Å². The number of amides is 1. The van der Waals surface area contributed by atoms with E-state index in [1.807, 2.05) is 67.6 Å². The van der Waals surface area contributed by atoms with Gasteiger partial charge >= 0.3 is 0 Å². The minimum atomic E-state index is -3.46. The zero-order chi connectivity index (χ0) is 22.6. The highest BCUT2D eigenvalue weighted by Gasteiger charge is 2.30. The van der Waals surface area contributed by atoms with Crippen molar-refractivity contribution >= 4 is 15.9 Å². The molecule has 0 radical (unpaired) electrons. The zero-order valence-corrected chi connectivity index (χ0v) is 18.9. The van der Waals surface area contributed by atoms with Crippen LogP contribution in [0.25, 0.3) is 0 Å². The Morgan fingerprint density at radius 2 is 1.41 bits per heavy atom. The van der Waals surface area contributed by atoms with Crippen LogP contribution in [0.15, 0.2) is 89.8 Å². The topological polar surface area (TPSA) is 75.3 Å². The van der Waals surface area contributed by atoms with Gasteiger partial charge in [0.15, 0.2) is 0 Å². The molecule has 4 rings (SSSR count). The number of sulfonamides is 1. The third-order valence-corrected chi connectivity index (χ3v) is 7.40. The van der Waals surface area contributed by atoms with E-state index in [1.165, 1.54) is 0 Å². The Bertz CT molecular complexity index is 1120. The lowest BCUT2D eigenvalue weighted by atomic mass is 9.84. The third-order valence-electron chi connectivity index (χ3n) is 5.87. The molecule has 1 aliphatic carbocycles. The number of rotatable bonds is 9. The molecular weight excluding hydrogens is 420 g/mol. The SMILES string of the molecule is CC(NC(=O)CCc1ccc(S(=O)(=O)NC2CC2)cc1)(c1ccccc1)c1ccccc1. The van der Waals surface area contributed by atoms with E-state index in [2.05, 4.69) is 10.0 Å². The predicted octanol–water partition coefficient (Wildman–Crippen LogP) is 4.14. The fourth-order valence-corrected chi connectivity index (χ4v) is 5.08. The number of aryl methyl sites for hydroxylation is 1. The molecule has 166 valence electrons. The first-order valence-electron chi connectivity index (χ1n) is 10.9. The van der Waals surface area contributed by atoms with E-state index in [1.54, 1.807) is 24.3 Å². The quantitative estimate of drug-likeness (QED) is 0.517. The van der Waals surface area contributed by atoms with Gasteiger partial charge in [0.25, 0.3) is 0 Å². The van der Waals surface area contributed by atoms with Crippen LogP contribution in [0, 0.1) is 0 Å². The third kappa shape index (κ3) is 5.26. The summed E-state index contributed by atoms with van der Waals surface area (Å²) in [5.41, 5.74) is 2.30. The van der Waals surface area contributed by atoms with E-state index in [9.17, 15) is 13.2 Å². The summed E-state index contributed by atoms with van der Waals surface area (Å²) in [5.74, 6) is -0.0627. The molecular formula is C26H28N2O3S. The van der Waals surface area contributed by atoms with Gasteiger partial charge in [-0.05, 0) is 55.0 Å². The Kier molecular flexibility index (Phi) is 6.44. The van der Waals surface area contributed by atoms with Crippen LogP contribution in [0.2, 0.25) is 0 Å². The monoisotopic (exact) mass is 448 g/mol. The molecule has 0 atom stereocenters. The molecule has 32 heavy (non-hydrogen) atoms. The maximum atomic E-state index is 12.9. The molecule has 6 heteroatoms. The summed E-state index contributed by atoms with van der Waals surface area (Å²) in [6.45, 7) is 2.02. The van der Waals surface area contributed by atoms with Crippen molar-refractivity contribution in [1.29, 1.82) is 0 Å². The van der Waals surface area contributed by atoms with Gasteiger partial charge in [0.1, 0.15) is 0 Å². The Balaban J connectivity index is 1.43. The van der Waals surface area contributed by atoms with Crippen LogP contribution in [0.1, 0.15) is 42.9 Å². The first-order valence-corrected chi connectivity index (χ1v) is 12.4. The number of benzene rings is 3. The van der Waals surface area contributed by atoms with E-state index in [0.29, 0.717) is 12.8 Å². The van der Waals surface area contributed by atoms with Crippen molar-refractivity contribution in [3.8, 4) is 0 Å². The first-order chi connectivity index (χ1) is 15.4. The van der Waals surface area contributed by atoms with Crippen molar-refractivity contribution in [1.82, 2.24) is 10.0 Å². The molecule has 0 aromatic heterocycles. The molecule has 1 fully saturated rings. The summed E-state index contributed by atoms with van der Waals surface area (Å²) in [6.07, 6.45) is 2.64. The molecule has 0 saturated heterocycles. The van der Waals surface area contributed by atoms with Crippen molar-refractivity contribution in [3.63, 3.8) is 0 Å². The van der Waals surface area contributed by atoms with Gasteiger partial charge < -0.3 is 5.32 Å². The van der Waals surface area contributed by atoms with Crippen LogP contribution in [-0.2, 0) is 26.8 Å². The Hall–Kier alpha value is -2.96. The van der Waals surface area contributed by atoms with Crippen LogP contribution < -0.4 is 10.0 Å². The standard InChI is InChI=1S/C26H28N2O3S/c1-26(21-8-4-2-5-9-21,22-10-6-3-7-11-22)27-25(29)19-14-20-12-17-24(18-13-20)32(30,31)28-23-15-16-23/h2-13,17-18,23,28H,14-16,19H2,1H3,(H,27,29). The summed E-state index contributed by atoms with van der Waals surface area (Å²) < 4.78 is 27.3. The van der Waals surface area contributed by atoms with Crippen molar-refractivity contribution in [2.45, 2.75) is 49.1 Å². The van der Waals surface area contributed by atoms with Gasteiger partial charge in [0.05, 0.1) is 10.4 Å². The lowest BCUT2D eigenvalue weighted by molar-refractivity contribution is -0.122. The van der Waals surface area contributed by atoms with E-state index in [-0.39, 0.29) is 16.8 Å². The number of carbonyl (C=O) groups excluding carboxylic acids is 1. The second kappa shape index (κ2) is 9.27. The molecule has 0 bridgehead atoms. The van der Waals surface area contributed by atoms with Crippen molar-refractivity contribution in [2.75, 3.05) is 0 Å². The Morgan fingerprint density at radius 1 is 0.875 bits per heavy atom. The van der Waals surface area contributed by atoms with E-state index in [4.69, 9.17) is 0 Å². The predicted molar refractivity (Wildman–Crippen MR) is 126 cm³/mol. The van der Waals surface area contributed by atoms with Crippen molar-refractivity contribution in [3.05, 3.63) is 102 Å². The van der Waals surface area contributed by atoms with E-state index >= 15 is 0 Å². The summed E-state index contributed by atoms with van der Waals surface area (Å²) in [6, 6.07) is 26.7. The maximum absolute atomic E-state index is 12.9. The normalized spacial score (nSPS) is 14.2. The molecule has 2 N–H and O–H groups in total. The maximum Gasteiger partial charge on any atom is 0.240 e. The fourth-order valence-electron chi connectivity index (χ4n) is 3.78. The van der Waals surface area contributed by atoms with Gasteiger partial charge in [0.2, 0.25) is 15.9 Å². The average molecular weight is 449 g/mol. The molecule has 1 saturated carbocycles. The first kappa shape index (κ1) is 22.2. The second-order valence-electron chi connectivity index (χ2n) is 8.44. The zero-order valence-electron chi connectivity index (χ0n) is 18.1. The number of carbonyl (C=O) groups is 1. The number of hydrogen-bond donors (Lipinski definition) is 2. The summed E-state index contributed by atoms with van der Waals surface area (Å²) in [7, 11) is -3.46. The molecule has 0 spiro atoms. The highest BCUT2D eigenvalue weighted by atomic mass is 32.2. The molecule has 0 unspecified atom stereocenters. The second-order valence-corrected chi connectivity index (χ2v) is 10.2. The highest BCUT2D eigenvalue weighted by Crippen LogP contribution is 2.29. The molecule has 1 amide bonds. The van der Waals surface area contributed by atoms with E-state index < -0.39 is 15.6 Å². The molecule has 1 aliphatic rings. The van der Waals surface area contributed by atoms with Gasteiger partial charge in [-0.15, -0.1) is 0 Å². The summed E-state index contributed by atoms with van der Waals surface area (Å²) >= 11 is 0. The van der Waals surface area contributed by atoms with Gasteiger partial charge in [-0.25, -0.2) is 13.1 Å². The van der Waals surface area contributed by atoms with Crippen LogP contribution >= 0.6 is 0 Å². The van der Waals surface area contributed by atoms with Crippen molar-refractivity contribution in [2.24, 2.45) is 0 Å². The minimum Gasteiger partial charge on any atom is -0.343 e. The van der Waals surface area contributed by atoms with Crippen molar-refractivity contribution < 1.29 is 13.2 Å². The number of nitrogens with one attached hydrogen (secondary N) is 2. The minimum absolute atomic E-state index is 0.0627. The van der Waals surface area contributed by atoms with Gasteiger partial charge in [0, 0.05) is 12.5 Å². The molecule has 0 heterocycles. The molecule has 5 nitrogen and oxygen atoms in total. The van der Waals surface area contributed by atoms with Crippen LogP contribution in [0.4, 0.5) is 0 Å². The highest BCUT2D eigenvalue weighted by molar-refractivity contribution is 7.89. The van der Waals surface area contributed by atoms with Gasteiger partial charge in [-0.1, -0.05) is 72.8 Å². The number of hydrogen-bond acceptors (Lipinski definition) is 3. The fraction of sp³-hybridized carbons (Fsp3) is 0.269. The molecule has 3 aromatic carbocycles. The summed E-state index contributed by atoms with van der Waals surface area (Å²) in [5, 5.41) is 3.22. The largest absolute Gasteiger partial charge is 0.343 e. The molecule has 0 aliphatic heterocycles. The average Bonchev–Trinajstić information content (AvgIpc) is 3.62. The Morgan fingerprint density at radius 3 is 1.91 bits per heavy atom. The summed E-state index contributed by atoms with van der Waals surface area (Å²) in [4.78, 5) is 13.2. The molecule has 3 aromatic rings. The smallest absolute Gasteiger partial charge is 0.240 e. The van der Waals surface area contributed by atoms with Crippen LogP contribution in [0.5, 0.6) is 0 Å². The van der Waals surface area contributed by atoms with E-state index in [0.717, 1.165) is 29.5 Å². The lowest BCUT2D eigenvalue weighted by Crippen LogP contribution is -2.44. The Labute approximate surface area is 189 Å². The van der Waals surface area contributed by atoms with Gasteiger partial charge in [-0.3, -0.25) is 4.79 Å². The van der Waals surface area contributed by atoms with Crippen LogP contribution in [0.3, 0.4) is 0 Å². The lowest BCUT2D eigenvalue weighted by Gasteiger charge is -2.32.